The Labute approximate surface area is 71.0 Å². The molecule has 1 heterocycles. The first-order valence-corrected chi connectivity index (χ1v) is 4.10. The van der Waals surface area contributed by atoms with Gasteiger partial charge in [-0.25, -0.2) is 4.68 Å². The van der Waals surface area contributed by atoms with E-state index in [4.69, 9.17) is 0 Å². The van der Waals surface area contributed by atoms with Gasteiger partial charge in [0.25, 0.3) is 0 Å². The van der Waals surface area contributed by atoms with Crippen LogP contribution in [0.4, 0.5) is 0 Å². The highest BCUT2D eigenvalue weighted by atomic mass is 15.4. The zero-order valence-corrected chi connectivity index (χ0v) is 7.28. The molecule has 1 aromatic carbocycles. The van der Waals surface area contributed by atoms with Crippen molar-refractivity contribution >= 4 is 11.0 Å². The lowest BCUT2D eigenvalue weighted by molar-refractivity contribution is 0.736. The molecule has 0 saturated carbocycles. The molecule has 0 aliphatic heterocycles. The Bertz CT molecular complexity index is 403. The molecule has 0 unspecified atom stereocenters. The van der Waals surface area contributed by atoms with E-state index >= 15 is 0 Å². The first-order chi connectivity index (χ1) is 5.83. The summed E-state index contributed by atoms with van der Waals surface area (Å²) in [6, 6.07) is 6.18. The van der Waals surface area contributed by atoms with Gasteiger partial charge in [-0.1, -0.05) is 24.3 Å². The highest BCUT2D eigenvalue weighted by Crippen LogP contribution is 2.14. The molecule has 0 bridgehead atoms. The van der Waals surface area contributed by atoms with Crippen LogP contribution in [-0.2, 0) is 13.5 Å². The van der Waals surface area contributed by atoms with Crippen molar-refractivity contribution in [2.45, 2.75) is 13.3 Å². The molecule has 2 aromatic rings. The number of rotatable bonds is 1. The Hall–Kier alpha value is -1.38. The van der Waals surface area contributed by atoms with Gasteiger partial charge in [0.2, 0.25) is 0 Å². The molecule has 3 heteroatoms. The minimum Gasteiger partial charge on any atom is -0.248 e. The molecule has 0 radical (unpaired) electrons. The van der Waals surface area contributed by atoms with Crippen molar-refractivity contribution in [1.29, 1.82) is 0 Å². The summed E-state index contributed by atoms with van der Waals surface area (Å²) in [5.74, 6) is 0. The topological polar surface area (TPSA) is 30.7 Å². The van der Waals surface area contributed by atoms with Crippen molar-refractivity contribution < 1.29 is 0 Å². The second-order valence-electron chi connectivity index (χ2n) is 2.85. The van der Waals surface area contributed by atoms with E-state index < -0.39 is 0 Å². The van der Waals surface area contributed by atoms with Gasteiger partial charge in [-0.2, -0.15) is 0 Å². The lowest BCUT2D eigenvalue weighted by Crippen LogP contribution is -1.89. The molecule has 12 heavy (non-hydrogen) atoms. The molecule has 0 atom stereocenters. The van der Waals surface area contributed by atoms with Crippen LogP contribution in [0.5, 0.6) is 0 Å². The lowest BCUT2D eigenvalue weighted by atomic mass is 10.1. The average molecular weight is 161 g/mol. The third-order valence-electron chi connectivity index (χ3n) is 2.11. The van der Waals surface area contributed by atoms with Crippen LogP contribution >= 0.6 is 0 Å². The van der Waals surface area contributed by atoms with Gasteiger partial charge in [-0.05, 0) is 18.1 Å². The van der Waals surface area contributed by atoms with Crippen molar-refractivity contribution in [2.24, 2.45) is 7.05 Å². The monoisotopic (exact) mass is 161 g/mol. The molecule has 0 amide bonds. The number of aryl methyl sites for hydroxylation is 2. The van der Waals surface area contributed by atoms with Gasteiger partial charge in [0.1, 0.15) is 5.52 Å². The molecule has 2 rings (SSSR count). The Kier molecular flexibility index (Phi) is 1.57. The van der Waals surface area contributed by atoms with E-state index in [1.165, 1.54) is 5.56 Å². The number of hydrogen-bond donors (Lipinski definition) is 0. The van der Waals surface area contributed by atoms with Gasteiger partial charge in [0.05, 0.1) is 5.52 Å². The largest absolute Gasteiger partial charge is 0.248 e. The Balaban J connectivity index is 2.81. The van der Waals surface area contributed by atoms with Crippen molar-refractivity contribution in [2.75, 3.05) is 0 Å². The van der Waals surface area contributed by atoms with E-state index in [1.807, 2.05) is 19.2 Å². The fraction of sp³-hybridized carbons (Fsp3) is 0.333. The fourth-order valence-electron chi connectivity index (χ4n) is 1.40. The van der Waals surface area contributed by atoms with Gasteiger partial charge < -0.3 is 0 Å². The van der Waals surface area contributed by atoms with E-state index in [1.54, 1.807) is 4.68 Å². The van der Waals surface area contributed by atoms with Crippen LogP contribution in [0.1, 0.15) is 12.5 Å². The molecule has 0 N–H and O–H groups in total. The van der Waals surface area contributed by atoms with E-state index in [2.05, 4.69) is 23.3 Å². The van der Waals surface area contributed by atoms with E-state index in [0.29, 0.717) is 0 Å². The fourth-order valence-corrected chi connectivity index (χ4v) is 1.40. The summed E-state index contributed by atoms with van der Waals surface area (Å²) < 4.78 is 1.80. The molecular formula is C9H11N3. The van der Waals surface area contributed by atoms with Crippen LogP contribution in [0.15, 0.2) is 18.2 Å². The lowest BCUT2D eigenvalue weighted by Gasteiger charge is -1.96. The minimum atomic E-state index is 1.01. The van der Waals surface area contributed by atoms with Crippen LogP contribution in [-0.4, -0.2) is 15.0 Å². The normalized spacial score (nSPS) is 10.8. The summed E-state index contributed by atoms with van der Waals surface area (Å²) in [5, 5.41) is 8.07. The third kappa shape index (κ3) is 0.897. The molecule has 0 saturated heterocycles. The first kappa shape index (κ1) is 7.28. The zero-order valence-electron chi connectivity index (χ0n) is 7.28. The SMILES string of the molecule is CCc1cccc2c1nnn2C. The molecule has 0 aliphatic carbocycles. The summed E-state index contributed by atoms with van der Waals surface area (Å²) in [4.78, 5) is 0. The van der Waals surface area contributed by atoms with Gasteiger partial charge in [-0.3, -0.25) is 0 Å². The van der Waals surface area contributed by atoms with Crippen LogP contribution < -0.4 is 0 Å². The first-order valence-electron chi connectivity index (χ1n) is 4.10. The molecule has 62 valence electrons. The molecule has 0 spiro atoms. The maximum absolute atomic E-state index is 4.10. The van der Waals surface area contributed by atoms with E-state index in [-0.39, 0.29) is 0 Å². The molecule has 0 aliphatic rings. The predicted octanol–water partition coefficient (Wildman–Crippen LogP) is 1.53. The van der Waals surface area contributed by atoms with Crippen LogP contribution in [0, 0.1) is 0 Å². The number of benzene rings is 1. The summed E-state index contributed by atoms with van der Waals surface area (Å²) >= 11 is 0. The van der Waals surface area contributed by atoms with Crippen molar-refractivity contribution in [3.63, 3.8) is 0 Å². The highest BCUT2D eigenvalue weighted by molar-refractivity contribution is 5.77. The molecule has 3 nitrogen and oxygen atoms in total. The van der Waals surface area contributed by atoms with Crippen molar-refractivity contribution in [3.05, 3.63) is 23.8 Å². The smallest absolute Gasteiger partial charge is 0.116 e. The summed E-state index contributed by atoms with van der Waals surface area (Å²) in [7, 11) is 1.91. The van der Waals surface area contributed by atoms with Crippen molar-refractivity contribution in [3.8, 4) is 0 Å². The second kappa shape index (κ2) is 2.59. The maximum Gasteiger partial charge on any atom is 0.116 e. The Morgan fingerprint density at radius 3 is 3.00 bits per heavy atom. The number of nitrogens with zero attached hydrogens (tertiary/aromatic N) is 3. The molecule has 0 fully saturated rings. The molecule has 1 aromatic heterocycles. The van der Waals surface area contributed by atoms with Crippen LogP contribution in [0.3, 0.4) is 0 Å². The summed E-state index contributed by atoms with van der Waals surface area (Å²) in [6.07, 6.45) is 1.01. The zero-order chi connectivity index (χ0) is 8.55. The second-order valence-corrected chi connectivity index (χ2v) is 2.85. The summed E-state index contributed by atoms with van der Waals surface area (Å²) in [5.41, 5.74) is 3.40. The Morgan fingerprint density at radius 2 is 2.25 bits per heavy atom. The summed E-state index contributed by atoms with van der Waals surface area (Å²) in [6.45, 7) is 2.13. The van der Waals surface area contributed by atoms with Crippen LogP contribution in [0.25, 0.3) is 11.0 Å². The van der Waals surface area contributed by atoms with Crippen molar-refractivity contribution in [1.82, 2.24) is 15.0 Å². The predicted molar refractivity (Wildman–Crippen MR) is 47.9 cm³/mol. The average Bonchev–Trinajstić information content (AvgIpc) is 2.48. The number of aromatic nitrogens is 3. The molecular weight excluding hydrogens is 150 g/mol. The highest BCUT2D eigenvalue weighted by Gasteiger charge is 2.03. The number of hydrogen-bond acceptors (Lipinski definition) is 2. The van der Waals surface area contributed by atoms with Gasteiger partial charge in [0.15, 0.2) is 0 Å². The quantitative estimate of drug-likeness (QED) is 0.635. The standard InChI is InChI=1S/C9H11N3/c1-3-7-5-4-6-8-9(7)10-11-12(8)2/h4-6H,3H2,1-2H3. The third-order valence-corrected chi connectivity index (χ3v) is 2.11. The van der Waals surface area contributed by atoms with Crippen LogP contribution in [0.2, 0.25) is 0 Å². The van der Waals surface area contributed by atoms with Gasteiger partial charge >= 0.3 is 0 Å². The van der Waals surface area contributed by atoms with E-state index in [9.17, 15) is 0 Å². The minimum absolute atomic E-state index is 1.01. The van der Waals surface area contributed by atoms with Gasteiger partial charge in [-0.15, -0.1) is 5.10 Å². The Morgan fingerprint density at radius 1 is 1.42 bits per heavy atom. The van der Waals surface area contributed by atoms with E-state index in [0.717, 1.165) is 17.5 Å². The van der Waals surface area contributed by atoms with Gasteiger partial charge in [0, 0.05) is 7.05 Å². The number of fused-ring (bicyclic) bond motifs is 1. The maximum atomic E-state index is 4.10.